The van der Waals surface area contributed by atoms with Crippen LogP contribution in [0, 0.1) is 11.7 Å². The molecule has 1 saturated carbocycles. The summed E-state index contributed by atoms with van der Waals surface area (Å²) in [6.45, 7) is 1.99. The molecule has 0 radical (unpaired) electrons. The van der Waals surface area contributed by atoms with Gasteiger partial charge in [0, 0.05) is 12.6 Å². The Morgan fingerprint density at radius 3 is 2.72 bits per heavy atom. The first-order valence-electron chi connectivity index (χ1n) is 5.95. The van der Waals surface area contributed by atoms with Gasteiger partial charge in [0.1, 0.15) is 10.7 Å². The zero-order chi connectivity index (χ0) is 13.3. The summed E-state index contributed by atoms with van der Waals surface area (Å²) in [5, 5.41) is 0. The number of halogens is 1. The molecule has 2 rings (SSSR count). The van der Waals surface area contributed by atoms with E-state index in [0.717, 1.165) is 18.9 Å². The van der Waals surface area contributed by atoms with Gasteiger partial charge >= 0.3 is 0 Å². The van der Waals surface area contributed by atoms with Gasteiger partial charge in [-0.2, -0.15) is 0 Å². The van der Waals surface area contributed by atoms with Crippen LogP contribution < -0.4 is 10.5 Å². The number of nitrogens with one attached hydrogen (secondary N) is 1. The Balaban J connectivity index is 2.27. The molecular weight excluding hydrogens is 255 g/mol. The molecule has 1 aliphatic rings. The molecule has 6 heteroatoms. The molecule has 4 nitrogen and oxygen atoms in total. The Morgan fingerprint density at radius 2 is 2.17 bits per heavy atom. The molecule has 0 heterocycles. The standard InChI is InChI=1S/C12H17FN2O2S/c1-8(10-3-4-10)15-18(16,17)12-6-9(7-14)2-5-11(12)13/h2,5-6,8,10,15H,3-4,7,14H2,1H3. The lowest BCUT2D eigenvalue weighted by Gasteiger charge is -2.14. The van der Waals surface area contributed by atoms with Gasteiger partial charge in [-0.25, -0.2) is 17.5 Å². The molecule has 1 atom stereocenters. The van der Waals surface area contributed by atoms with E-state index in [1.54, 1.807) is 6.92 Å². The molecule has 18 heavy (non-hydrogen) atoms. The van der Waals surface area contributed by atoms with E-state index in [0.29, 0.717) is 11.5 Å². The van der Waals surface area contributed by atoms with E-state index in [2.05, 4.69) is 4.72 Å². The molecule has 100 valence electrons. The summed E-state index contributed by atoms with van der Waals surface area (Å²) >= 11 is 0. The van der Waals surface area contributed by atoms with Gasteiger partial charge in [-0.3, -0.25) is 0 Å². The first-order valence-corrected chi connectivity index (χ1v) is 7.43. The third-order valence-corrected chi connectivity index (χ3v) is 4.76. The molecule has 1 aliphatic carbocycles. The van der Waals surface area contributed by atoms with E-state index in [9.17, 15) is 12.8 Å². The Kier molecular flexibility index (Phi) is 3.70. The van der Waals surface area contributed by atoms with E-state index < -0.39 is 15.8 Å². The third-order valence-electron chi connectivity index (χ3n) is 3.19. The fourth-order valence-corrected chi connectivity index (χ4v) is 3.32. The lowest BCUT2D eigenvalue weighted by molar-refractivity contribution is 0.526. The highest BCUT2D eigenvalue weighted by Crippen LogP contribution is 2.33. The zero-order valence-electron chi connectivity index (χ0n) is 10.2. The molecule has 1 fully saturated rings. The second kappa shape index (κ2) is 4.95. The Morgan fingerprint density at radius 1 is 1.50 bits per heavy atom. The van der Waals surface area contributed by atoms with Crippen molar-refractivity contribution in [3.63, 3.8) is 0 Å². The Bertz CT molecular complexity index is 541. The Labute approximate surface area is 106 Å². The molecule has 1 aromatic rings. The maximum atomic E-state index is 13.6. The predicted octanol–water partition coefficient (Wildman–Crippen LogP) is 1.36. The van der Waals surface area contributed by atoms with Gasteiger partial charge in [-0.05, 0) is 43.4 Å². The van der Waals surface area contributed by atoms with E-state index >= 15 is 0 Å². The van der Waals surface area contributed by atoms with Gasteiger partial charge in [-0.1, -0.05) is 6.07 Å². The molecule has 0 aliphatic heterocycles. The number of sulfonamides is 1. The second-order valence-electron chi connectivity index (χ2n) is 4.72. The van der Waals surface area contributed by atoms with Crippen LogP contribution in [-0.2, 0) is 16.6 Å². The number of nitrogens with two attached hydrogens (primary N) is 1. The minimum absolute atomic E-state index is 0.157. The summed E-state index contributed by atoms with van der Waals surface area (Å²) < 4.78 is 40.3. The summed E-state index contributed by atoms with van der Waals surface area (Å²) in [4.78, 5) is -0.321. The van der Waals surface area contributed by atoms with E-state index in [1.807, 2.05) is 0 Å². The fourth-order valence-electron chi connectivity index (χ4n) is 1.88. The van der Waals surface area contributed by atoms with Gasteiger partial charge in [0.2, 0.25) is 10.0 Å². The van der Waals surface area contributed by atoms with Crippen LogP contribution >= 0.6 is 0 Å². The summed E-state index contributed by atoms with van der Waals surface area (Å²) in [5.41, 5.74) is 6.03. The van der Waals surface area contributed by atoms with Crippen molar-refractivity contribution in [2.45, 2.75) is 37.2 Å². The first kappa shape index (κ1) is 13.5. The normalized spacial score (nSPS) is 17.7. The van der Waals surface area contributed by atoms with Crippen LogP contribution in [0.15, 0.2) is 23.1 Å². The van der Waals surface area contributed by atoms with Crippen molar-refractivity contribution in [1.82, 2.24) is 4.72 Å². The lowest BCUT2D eigenvalue weighted by Crippen LogP contribution is -2.34. The number of hydrogen-bond acceptors (Lipinski definition) is 3. The van der Waals surface area contributed by atoms with Gasteiger partial charge in [0.05, 0.1) is 0 Å². The van der Waals surface area contributed by atoms with Crippen molar-refractivity contribution < 1.29 is 12.8 Å². The SMILES string of the molecule is CC(NS(=O)(=O)c1cc(CN)ccc1F)C1CC1. The van der Waals surface area contributed by atoms with Crippen molar-refractivity contribution in [3.8, 4) is 0 Å². The molecule has 0 bridgehead atoms. The van der Waals surface area contributed by atoms with Crippen molar-refractivity contribution in [3.05, 3.63) is 29.6 Å². The Hall–Kier alpha value is -0.980. The smallest absolute Gasteiger partial charge is 0.243 e. The number of rotatable bonds is 5. The van der Waals surface area contributed by atoms with Gasteiger partial charge in [0.25, 0.3) is 0 Å². The van der Waals surface area contributed by atoms with Crippen LogP contribution in [0.25, 0.3) is 0 Å². The second-order valence-corrected chi connectivity index (χ2v) is 6.40. The molecule has 0 spiro atoms. The minimum atomic E-state index is -3.81. The number of benzene rings is 1. The molecule has 3 N–H and O–H groups in total. The van der Waals surface area contributed by atoms with Crippen LogP contribution in [0.3, 0.4) is 0 Å². The first-order chi connectivity index (χ1) is 8.44. The minimum Gasteiger partial charge on any atom is -0.326 e. The van der Waals surface area contributed by atoms with Crippen molar-refractivity contribution >= 4 is 10.0 Å². The lowest BCUT2D eigenvalue weighted by atomic mass is 10.2. The van der Waals surface area contributed by atoms with Crippen molar-refractivity contribution in [2.75, 3.05) is 0 Å². The van der Waals surface area contributed by atoms with Crippen LogP contribution in [-0.4, -0.2) is 14.5 Å². The highest BCUT2D eigenvalue weighted by atomic mass is 32.2. The van der Waals surface area contributed by atoms with E-state index in [-0.39, 0.29) is 17.5 Å². The van der Waals surface area contributed by atoms with Crippen LogP contribution in [0.4, 0.5) is 4.39 Å². The van der Waals surface area contributed by atoms with Crippen molar-refractivity contribution in [2.24, 2.45) is 11.7 Å². The highest BCUT2D eigenvalue weighted by Gasteiger charge is 2.32. The summed E-state index contributed by atoms with van der Waals surface area (Å²) in [6.07, 6.45) is 2.05. The summed E-state index contributed by atoms with van der Waals surface area (Å²) in [7, 11) is -3.81. The topological polar surface area (TPSA) is 72.2 Å². The zero-order valence-corrected chi connectivity index (χ0v) is 11.0. The molecular formula is C12H17FN2O2S. The monoisotopic (exact) mass is 272 g/mol. The van der Waals surface area contributed by atoms with Crippen LogP contribution in [0.2, 0.25) is 0 Å². The van der Waals surface area contributed by atoms with E-state index in [4.69, 9.17) is 5.73 Å². The maximum Gasteiger partial charge on any atom is 0.243 e. The quantitative estimate of drug-likeness (QED) is 0.850. The van der Waals surface area contributed by atoms with Gasteiger partial charge < -0.3 is 5.73 Å². The summed E-state index contributed by atoms with van der Waals surface area (Å²) in [6, 6.07) is 3.75. The summed E-state index contributed by atoms with van der Waals surface area (Å²) in [5.74, 6) is -0.372. The average molecular weight is 272 g/mol. The molecule has 0 amide bonds. The van der Waals surface area contributed by atoms with Crippen LogP contribution in [0.5, 0.6) is 0 Å². The molecule has 0 aromatic heterocycles. The van der Waals surface area contributed by atoms with Gasteiger partial charge in [0.15, 0.2) is 0 Å². The maximum absolute atomic E-state index is 13.6. The molecule has 1 unspecified atom stereocenters. The van der Waals surface area contributed by atoms with E-state index in [1.165, 1.54) is 12.1 Å². The van der Waals surface area contributed by atoms with Crippen molar-refractivity contribution in [1.29, 1.82) is 0 Å². The molecule has 0 saturated heterocycles. The molecule has 1 aromatic carbocycles. The highest BCUT2D eigenvalue weighted by molar-refractivity contribution is 7.89. The largest absolute Gasteiger partial charge is 0.326 e. The fraction of sp³-hybridized carbons (Fsp3) is 0.500. The average Bonchev–Trinajstić information content (AvgIpc) is 3.12. The van der Waals surface area contributed by atoms with Gasteiger partial charge in [-0.15, -0.1) is 0 Å². The van der Waals surface area contributed by atoms with Crippen LogP contribution in [0.1, 0.15) is 25.3 Å². The predicted molar refractivity (Wildman–Crippen MR) is 66.8 cm³/mol. The number of hydrogen-bond donors (Lipinski definition) is 2. The third kappa shape index (κ3) is 2.88.